The van der Waals surface area contributed by atoms with Gasteiger partial charge in [-0.1, -0.05) is 76.2 Å². The molecule has 2 amide bonds. The molecule has 4 aliphatic rings. The minimum Gasteiger partial charge on any atom is -0.496 e. The van der Waals surface area contributed by atoms with Crippen LogP contribution in [-0.4, -0.2) is 85.2 Å². The number of nitrogens with one attached hydrogen (secondary N) is 2. The van der Waals surface area contributed by atoms with E-state index in [1.54, 1.807) is 19.1 Å². The zero-order chi connectivity index (χ0) is 38.9. The zero-order valence-corrected chi connectivity index (χ0v) is 33.2. The fourth-order valence-corrected chi connectivity index (χ4v) is 9.45. The van der Waals surface area contributed by atoms with Gasteiger partial charge in [0.1, 0.15) is 17.9 Å². The number of amides is 2. The van der Waals surface area contributed by atoms with Gasteiger partial charge in [0.15, 0.2) is 0 Å². The lowest BCUT2D eigenvalue weighted by atomic mass is 9.45. The van der Waals surface area contributed by atoms with Crippen molar-refractivity contribution in [1.82, 2.24) is 15.7 Å². The molecule has 0 spiro atoms. The molecule has 54 heavy (non-hydrogen) atoms. The first kappa shape index (κ1) is 39.7. The van der Waals surface area contributed by atoms with E-state index in [9.17, 15) is 19.8 Å². The molecule has 9 atom stereocenters. The summed E-state index contributed by atoms with van der Waals surface area (Å²) in [7, 11) is 5.51. The number of carbonyl (C=O) groups excluding carboxylic acids is 2. The Morgan fingerprint density at radius 1 is 1.07 bits per heavy atom. The molecule has 2 bridgehead atoms. The molecule has 10 heteroatoms. The maximum Gasteiger partial charge on any atom is 0.251 e. The smallest absolute Gasteiger partial charge is 0.251 e. The average molecular weight is 741 g/mol. The molecule has 0 unspecified atom stereocenters. The minimum absolute atomic E-state index is 0.0260. The summed E-state index contributed by atoms with van der Waals surface area (Å²) in [6, 6.07) is 21.0. The largest absolute Gasteiger partial charge is 0.496 e. The Morgan fingerprint density at radius 3 is 2.43 bits per heavy atom. The Balaban J connectivity index is 1.28. The van der Waals surface area contributed by atoms with Crippen LogP contribution in [0.25, 0.3) is 11.1 Å². The number of fused-ring (bicyclic) bond motifs is 2. The van der Waals surface area contributed by atoms with Crippen LogP contribution in [0.4, 0.5) is 5.69 Å². The van der Waals surface area contributed by atoms with Crippen molar-refractivity contribution in [3.05, 3.63) is 83.4 Å². The van der Waals surface area contributed by atoms with Crippen LogP contribution in [0.2, 0.25) is 0 Å². The summed E-state index contributed by atoms with van der Waals surface area (Å²) in [5.74, 6) is 1.07. The summed E-state index contributed by atoms with van der Waals surface area (Å²) in [4.78, 5) is 36.3. The molecule has 292 valence electrons. The molecular formula is C44H60N4O6. The average Bonchev–Trinajstić information content (AvgIpc) is 3.53. The van der Waals surface area contributed by atoms with E-state index < -0.39 is 24.2 Å². The lowest BCUT2D eigenvalue weighted by Crippen LogP contribution is -2.62. The second-order valence-electron chi connectivity index (χ2n) is 16.7. The van der Waals surface area contributed by atoms with Crippen LogP contribution in [0, 0.1) is 29.1 Å². The first-order chi connectivity index (χ1) is 25.8. The Labute approximate surface area is 321 Å². The van der Waals surface area contributed by atoms with Gasteiger partial charge in [-0.2, -0.15) is 5.06 Å². The summed E-state index contributed by atoms with van der Waals surface area (Å²) in [5, 5.41) is 29.5. The first-order valence-electron chi connectivity index (χ1n) is 19.6. The van der Waals surface area contributed by atoms with Gasteiger partial charge in [0.25, 0.3) is 5.91 Å². The predicted molar refractivity (Wildman–Crippen MR) is 212 cm³/mol. The van der Waals surface area contributed by atoms with E-state index in [0.29, 0.717) is 29.1 Å². The number of methoxy groups -OCH3 is 1. The molecule has 0 radical (unpaired) electrons. The molecule has 3 aliphatic carbocycles. The van der Waals surface area contributed by atoms with Crippen molar-refractivity contribution in [3.63, 3.8) is 0 Å². The molecule has 4 N–H and O–H groups in total. The van der Waals surface area contributed by atoms with E-state index in [1.807, 2.05) is 73.6 Å². The van der Waals surface area contributed by atoms with Gasteiger partial charge in [0.2, 0.25) is 5.91 Å². The van der Waals surface area contributed by atoms with Gasteiger partial charge in [-0.25, -0.2) is 0 Å². The van der Waals surface area contributed by atoms with Gasteiger partial charge in [-0.05, 0) is 85.1 Å². The quantitative estimate of drug-likeness (QED) is 0.163. The first-order valence-corrected chi connectivity index (χ1v) is 19.6. The van der Waals surface area contributed by atoms with Crippen LogP contribution in [0.1, 0.15) is 75.4 Å². The zero-order valence-electron chi connectivity index (χ0n) is 33.2. The standard InChI is InChI=1S/C44H60N4O6/c1-9-33(18-28-14-11-10-12-15-28)45-42(51)31-19-30(20-34(21-31)47(6)7)35-17-13-16-29(41(35)53-8)24-48-40(39(27(3)50)38(25-49)54-48)43(52)46-37-23-32-22-36(26(37)2)44(32,4)5/h10-17,19-21,26-27,32-33,36-40,49-50H,9,18,22-25H2,1-8H3,(H,45,51)(H,46,52)/t26-,27-,32+,33+,36-,37-,38-,39+,40-/m0/s1. The number of carbonyl (C=O) groups is 2. The van der Waals surface area contributed by atoms with E-state index in [-0.39, 0.29) is 42.5 Å². The highest BCUT2D eigenvalue weighted by Gasteiger charge is 2.57. The fourth-order valence-electron chi connectivity index (χ4n) is 9.45. The van der Waals surface area contributed by atoms with E-state index in [0.717, 1.165) is 41.6 Å². The summed E-state index contributed by atoms with van der Waals surface area (Å²) < 4.78 is 6.09. The maximum atomic E-state index is 14.3. The number of para-hydroxylation sites is 1. The molecule has 1 heterocycles. The molecule has 7 rings (SSSR count). The number of ether oxygens (including phenoxy) is 1. The van der Waals surface area contributed by atoms with Crippen molar-refractivity contribution in [2.45, 2.75) is 97.2 Å². The Morgan fingerprint density at radius 2 is 1.81 bits per heavy atom. The number of hydrogen-bond acceptors (Lipinski definition) is 8. The molecular weight excluding hydrogens is 681 g/mol. The maximum absolute atomic E-state index is 14.3. The van der Waals surface area contributed by atoms with Crippen LogP contribution < -0.4 is 20.3 Å². The van der Waals surface area contributed by atoms with Gasteiger partial charge in [-0.15, -0.1) is 0 Å². The highest BCUT2D eigenvalue weighted by atomic mass is 16.7. The number of rotatable bonds is 14. The predicted octanol–water partition coefficient (Wildman–Crippen LogP) is 5.84. The van der Waals surface area contributed by atoms with Crippen molar-refractivity contribution >= 4 is 17.5 Å². The highest BCUT2D eigenvalue weighted by molar-refractivity contribution is 5.97. The molecule has 3 aromatic carbocycles. The summed E-state index contributed by atoms with van der Waals surface area (Å²) in [6.45, 7) is 10.5. The second-order valence-corrected chi connectivity index (χ2v) is 16.7. The van der Waals surface area contributed by atoms with Crippen LogP contribution in [0.3, 0.4) is 0 Å². The number of nitrogens with zero attached hydrogens (tertiary/aromatic N) is 2. The number of hydrogen-bond donors (Lipinski definition) is 4. The van der Waals surface area contributed by atoms with Crippen LogP contribution in [-0.2, 0) is 22.6 Å². The van der Waals surface area contributed by atoms with Crippen molar-refractivity contribution in [3.8, 4) is 16.9 Å². The SMILES string of the molecule is CC[C@H](Cc1ccccc1)NC(=O)c1cc(-c2cccc(CN3O[C@@H](CO)[C@@H]([C@H](C)O)[C@H]3C(=O)N[C@H]3C[C@H]4C[C@@H]([C@@H]3C)C4(C)C)c2OC)cc(N(C)C)c1. The van der Waals surface area contributed by atoms with Crippen LogP contribution >= 0.6 is 0 Å². The molecule has 10 nitrogen and oxygen atoms in total. The fraction of sp³-hybridized carbons (Fsp3) is 0.545. The van der Waals surface area contributed by atoms with Crippen molar-refractivity contribution in [2.24, 2.45) is 29.1 Å². The van der Waals surface area contributed by atoms with Gasteiger partial charge < -0.3 is 30.5 Å². The van der Waals surface area contributed by atoms with Gasteiger partial charge in [0.05, 0.1) is 26.4 Å². The van der Waals surface area contributed by atoms with E-state index >= 15 is 0 Å². The topological polar surface area (TPSA) is 124 Å². The minimum atomic E-state index is -0.898. The summed E-state index contributed by atoms with van der Waals surface area (Å²) >= 11 is 0. The number of aliphatic hydroxyl groups is 2. The van der Waals surface area contributed by atoms with Crippen LogP contribution in [0.15, 0.2) is 66.7 Å². The normalized spacial score (nSPS) is 27.0. The number of aliphatic hydroxyl groups excluding tert-OH is 2. The Kier molecular flexibility index (Phi) is 12.1. The van der Waals surface area contributed by atoms with Crippen molar-refractivity contribution in [1.29, 1.82) is 0 Å². The third kappa shape index (κ3) is 7.89. The van der Waals surface area contributed by atoms with E-state index in [2.05, 4.69) is 50.5 Å². The molecule has 3 saturated carbocycles. The van der Waals surface area contributed by atoms with Crippen LogP contribution in [0.5, 0.6) is 5.75 Å². The Hall–Kier alpha value is -3.96. The third-order valence-corrected chi connectivity index (χ3v) is 12.8. The molecule has 3 aromatic rings. The highest BCUT2D eigenvalue weighted by Crippen LogP contribution is 2.61. The number of anilines is 1. The third-order valence-electron chi connectivity index (χ3n) is 12.8. The van der Waals surface area contributed by atoms with Crippen molar-refractivity contribution < 1.29 is 29.4 Å². The van der Waals surface area contributed by atoms with Gasteiger partial charge in [0, 0.05) is 54.5 Å². The molecule has 0 aromatic heterocycles. The summed E-state index contributed by atoms with van der Waals surface area (Å²) in [6.07, 6.45) is 2.02. The van der Waals surface area contributed by atoms with Gasteiger partial charge >= 0.3 is 0 Å². The van der Waals surface area contributed by atoms with Gasteiger partial charge in [-0.3, -0.25) is 14.4 Å². The lowest BCUT2D eigenvalue weighted by molar-refractivity contribution is -0.183. The van der Waals surface area contributed by atoms with E-state index in [1.165, 1.54) is 12.0 Å². The molecule has 4 fully saturated rings. The monoisotopic (exact) mass is 740 g/mol. The molecule has 1 aliphatic heterocycles. The Bertz CT molecular complexity index is 1780. The molecule has 1 saturated heterocycles. The lowest BCUT2D eigenvalue weighted by Gasteiger charge is -2.62. The number of benzene rings is 3. The second kappa shape index (κ2) is 16.4. The summed E-state index contributed by atoms with van der Waals surface area (Å²) in [5.41, 5.74) is 5.21. The number of hydroxylamine groups is 2. The van der Waals surface area contributed by atoms with Crippen molar-refractivity contribution in [2.75, 3.05) is 32.7 Å². The van der Waals surface area contributed by atoms with E-state index in [4.69, 9.17) is 9.57 Å².